The summed E-state index contributed by atoms with van der Waals surface area (Å²) in [6.45, 7) is 0.706. The summed E-state index contributed by atoms with van der Waals surface area (Å²) in [6.07, 6.45) is 4.42. The van der Waals surface area contributed by atoms with Gasteiger partial charge in [0.15, 0.2) is 0 Å². The van der Waals surface area contributed by atoms with Crippen molar-refractivity contribution in [2.24, 2.45) is 5.92 Å². The summed E-state index contributed by atoms with van der Waals surface area (Å²) >= 11 is 0. The molecule has 1 aliphatic rings. The van der Waals surface area contributed by atoms with E-state index >= 15 is 0 Å². The molecular formula is C22H22N2O4. The average Bonchev–Trinajstić information content (AvgIpc) is 3.46. The molecule has 0 aliphatic heterocycles. The van der Waals surface area contributed by atoms with Crippen LogP contribution in [0.5, 0.6) is 5.75 Å². The number of carbonyl (C=O) groups excluding carboxylic acids is 1. The molecule has 1 heterocycles. The summed E-state index contributed by atoms with van der Waals surface area (Å²) in [4.78, 5) is 27.3. The second-order valence-electron chi connectivity index (χ2n) is 7.21. The van der Waals surface area contributed by atoms with Gasteiger partial charge in [-0.3, -0.25) is 4.79 Å². The molecule has 1 amide bonds. The number of aromatic amines is 1. The first-order chi connectivity index (χ1) is 13.6. The highest BCUT2D eigenvalue weighted by molar-refractivity contribution is 5.97. The van der Waals surface area contributed by atoms with E-state index in [9.17, 15) is 14.7 Å². The van der Waals surface area contributed by atoms with Crippen LogP contribution in [0.25, 0.3) is 10.9 Å². The van der Waals surface area contributed by atoms with Crippen molar-refractivity contribution in [2.45, 2.75) is 25.3 Å². The number of carboxylic acid groups (broad SMARTS) is 1. The fourth-order valence-corrected chi connectivity index (χ4v) is 3.16. The molecule has 1 fully saturated rings. The first-order valence-electron chi connectivity index (χ1n) is 9.41. The molecule has 0 radical (unpaired) electrons. The van der Waals surface area contributed by atoms with Crippen LogP contribution in [-0.2, 0) is 11.2 Å². The minimum atomic E-state index is -1.07. The lowest BCUT2D eigenvalue weighted by molar-refractivity contribution is -0.139. The Kier molecular flexibility index (Phi) is 5.02. The Bertz CT molecular complexity index is 989. The molecule has 144 valence electrons. The standard InChI is InChI=1S/C22H22N2O4/c25-21(15-7-9-17(10-8-15)28-13-14-5-6-14)24-20(22(26)27)11-16-12-23-19-4-2-1-3-18(16)19/h1-4,7-10,12,14,20,23H,5-6,11,13H2,(H,24,25)(H,26,27). The van der Waals surface area contributed by atoms with Gasteiger partial charge >= 0.3 is 5.97 Å². The molecule has 0 spiro atoms. The third-order valence-corrected chi connectivity index (χ3v) is 5.00. The summed E-state index contributed by atoms with van der Waals surface area (Å²) in [5.41, 5.74) is 2.20. The number of amides is 1. The number of carboxylic acids is 1. The third kappa shape index (κ3) is 4.17. The van der Waals surface area contributed by atoms with Crippen molar-refractivity contribution in [2.75, 3.05) is 6.61 Å². The van der Waals surface area contributed by atoms with E-state index in [1.54, 1.807) is 30.5 Å². The van der Waals surface area contributed by atoms with E-state index in [0.717, 1.165) is 22.2 Å². The molecular weight excluding hydrogens is 356 g/mol. The maximum Gasteiger partial charge on any atom is 0.326 e. The largest absolute Gasteiger partial charge is 0.493 e. The van der Waals surface area contributed by atoms with Gasteiger partial charge in [0.05, 0.1) is 6.61 Å². The summed E-state index contributed by atoms with van der Waals surface area (Å²) < 4.78 is 5.67. The van der Waals surface area contributed by atoms with E-state index in [-0.39, 0.29) is 6.42 Å². The van der Waals surface area contributed by atoms with Crippen molar-refractivity contribution in [3.8, 4) is 5.75 Å². The van der Waals surface area contributed by atoms with Crippen LogP contribution in [0.3, 0.4) is 0 Å². The van der Waals surface area contributed by atoms with Gasteiger partial charge in [-0.2, -0.15) is 0 Å². The van der Waals surface area contributed by atoms with Crippen LogP contribution < -0.4 is 10.1 Å². The number of ether oxygens (including phenoxy) is 1. The normalized spacial score (nSPS) is 14.6. The van der Waals surface area contributed by atoms with Crippen LogP contribution in [0.15, 0.2) is 54.7 Å². The molecule has 2 aromatic carbocycles. The summed E-state index contributed by atoms with van der Waals surface area (Å²) in [7, 11) is 0. The molecule has 1 unspecified atom stereocenters. The Hall–Kier alpha value is -3.28. The third-order valence-electron chi connectivity index (χ3n) is 5.00. The number of fused-ring (bicyclic) bond motifs is 1. The molecule has 1 aliphatic carbocycles. The number of carbonyl (C=O) groups is 2. The van der Waals surface area contributed by atoms with Gasteiger partial charge in [-0.05, 0) is 54.7 Å². The van der Waals surface area contributed by atoms with E-state index in [0.29, 0.717) is 18.1 Å². The predicted molar refractivity (Wildman–Crippen MR) is 106 cm³/mol. The van der Waals surface area contributed by atoms with Crippen LogP contribution >= 0.6 is 0 Å². The minimum absolute atomic E-state index is 0.202. The van der Waals surface area contributed by atoms with Crippen LogP contribution in [0.1, 0.15) is 28.8 Å². The lowest BCUT2D eigenvalue weighted by Crippen LogP contribution is -2.42. The topological polar surface area (TPSA) is 91.4 Å². The van der Waals surface area contributed by atoms with Crippen LogP contribution in [0, 0.1) is 5.92 Å². The second kappa shape index (κ2) is 7.76. The van der Waals surface area contributed by atoms with Crippen molar-refractivity contribution < 1.29 is 19.4 Å². The highest BCUT2D eigenvalue weighted by Crippen LogP contribution is 2.29. The van der Waals surface area contributed by atoms with Crippen molar-refractivity contribution >= 4 is 22.8 Å². The Morgan fingerprint density at radius 2 is 1.89 bits per heavy atom. The molecule has 6 heteroatoms. The summed E-state index contributed by atoms with van der Waals surface area (Å²) in [5, 5.41) is 13.1. The van der Waals surface area contributed by atoms with E-state index in [1.807, 2.05) is 24.3 Å². The van der Waals surface area contributed by atoms with Gasteiger partial charge in [-0.25, -0.2) is 4.79 Å². The first kappa shape index (κ1) is 18.1. The zero-order valence-corrected chi connectivity index (χ0v) is 15.4. The number of aromatic nitrogens is 1. The molecule has 28 heavy (non-hydrogen) atoms. The zero-order chi connectivity index (χ0) is 19.5. The SMILES string of the molecule is O=C(NC(Cc1c[nH]c2ccccc12)C(=O)O)c1ccc(OCC2CC2)cc1. The van der Waals surface area contributed by atoms with Crippen molar-refractivity contribution in [3.63, 3.8) is 0 Å². The van der Waals surface area contributed by atoms with E-state index < -0.39 is 17.9 Å². The lowest BCUT2D eigenvalue weighted by atomic mass is 10.0. The molecule has 1 aromatic heterocycles. The number of hydrogen-bond donors (Lipinski definition) is 3. The Labute approximate surface area is 162 Å². The number of aliphatic carboxylic acids is 1. The quantitative estimate of drug-likeness (QED) is 0.560. The van der Waals surface area contributed by atoms with Gasteiger partial charge in [0, 0.05) is 29.1 Å². The number of rotatable bonds is 8. The van der Waals surface area contributed by atoms with E-state index in [4.69, 9.17) is 4.74 Å². The van der Waals surface area contributed by atoms with Crippen LogP contribution in [0.2, 0.25) is 0 Å². The zero-order valence-electron chi connectivity index (χ0n) is 15.4. The van der Waals surface area contributed by atoms with Crippen LogP contribution in [-0.4, -0.2) is 34.6 Å². The van der Waals surface area contributed by atoms with Crippen molar-refractivity contribution in [1.29, 1.82) is 0 Å². The van der Waals surface area contributed by atoms with E-state index in [1.165, 1.54) is 12.8 Å². The highest BCUT2D eigenvalue weighted by Gasteiger charge is 2.23. The van der Waals surface area contributed by atoms with Gasteiger partial charge in [0.25, 0.3) is 5.91 Å². The average molecular weight is 378 g/mol. The number of para-hydroxylation sites is 1. The number of hydrogen-bond acceptors (Lipinski definition) is 3. The van der Waals surface area contributed by atoms with Gasteiger partial charge in [-0.15, -0.1) is 0 Å². The van der Waals surface area contributed by atoms with Gasteiger partial charge < -0.3 is 20.1 Å². The van der Waals surface area contributed by atoms with Gasteiger partial charge in [0.2, 0.25) is 0 Å². The monoisotopic (exact) mass is 378 g/mol. The molecule has 3 N–H and O–H groups in total. The molecule has 1 saturated carbocycles. The molecule has 4 rings (SSSR count). The van der Waals surface area contributed by atoms with Gasteiger partial charge in [0.1, 0.15) is 11.8 Å². The Morgan fingerprint density at radius 3 is 2.61 bits per heavy atom. The van der Waals surface area contributed by atoms with Crippen LogP contribution in [0.4, 0.5) is 0 Å². The fourth-order valence-electron chi connectivity index (χ4n) is 3.16. The van der Waals surface area contributed by atoms with E-state index in [2.05, 4.69) is 10.3 Å². The first-order valence-corrected chi connectivity index (χ1v) is 9.41. The minimum Gasteiger partial charge on any atom is -0.493 e. The van der Waals surface area contributed by atoms with Crippen molar-refractivity contribution in [3.05, 3.63) is 65.9 Å². The maximum absolute atomic E-state index is 12.5. The predicted octanol–water partition coefficient (Wildman–Crippen LogP) is 3.38. The maximum atomic E-state index is 12.5. The van der Waals surface area contributed by atoms with Gasteiger partial charge in [-0.1, -0.05) is 18.2 Å². The Balaban J connectivity index is 1.42. The number of H-pyrrole nitrogens is 1. The number of benzene rings is 2. The molecule has 3 aromatic rings. The summed E-state index contributed by atoms with van der Waals surface area (Å²) in [5.74, 6) is -0.107. The number of nitrogens with one attached hydrogen (secondary N) is 2. The highest BCUT2D eigenvalue weighted by atomic mass is 16.5. The fraction of sp³-hybridized carbons (Fsp3) is 0.273. The summed E-state index contributed by atoms with van der Waals surface area (Å²) in [6, 6.07) is 13.5. The lowest BCUT2D eigenvalue weighted by Gasteiger charge is -2.14. The molecule has 1 atom stereocenters. The van der Waals surface area contributed by atoms with Crippen molar-refractivity contribution in [1.82, 2.24) is 10.3 Å². The Morgan fingerprint density at radius 1 is 1.14 bits per heavy atom. The molecule has 0 bridgehead atoms. The molecule has 0 saturated heterocycles. The smallest absolute Gasteiger partial charge is 0.326 e. The molecule has 6 nitrogen and oxygen atoms in total. The second-order valence-corrected chi connectivity index (χ2v) is 7.21.